The lowest BCUT2D eigenvalue weighted by molar-refractivity contribution is -0.142. The minimum atomic E-state index is -0.881. The van der Waals surface area contributed by atoms with Crippen molar-refractivity contribution in [3.05, 3.63) is 65.2 Å². The van der Waals surface area contributed by atoms with Gasteiger partial charge in [0.05, 0.1) is 7.11 Å². The SMILES string of the molecule is COC(=O)C(N)Cc1ccc(Oc2ccc(/C=C3/OC(=O)NC3=O)cc2)c(F)c1. The number of alkyl carbamates (subject to hydrolysis) is 1. The molecule has 1 saturated heterocycles. The highest BCUT2D eigenvalue weighted by atomic mass is 19.1. The van der Waals surface area contributed by atoms with Gasteiger partial charge in [-0.05, 0) is 47.9 Å². The molecule has 3 rings (SSSR count). The summed E-state index contributed by atoms with van der Waals surface area (Å²) in [4.78, 5) is 33.8. The maximum atomic E-state index is 14.3. The van der Waals surface area contributed by atoms with Crippen molar-refractivity contribution in [1.29, 1.82) is 0 Å². The molecule has 0 bridgehead atoms. The van der Waals surface area contributed by atoms with E-state index in [1.807, 2.05) is 5.32 Å². The van der Waals surface area contributed by atoms with Crippen molar-refractivity contribution in [2.45, 2.75) is 12.5 Å². The van der Waals surface area contributed by atoms with Crippen LogP contribution < -0.4 is 15.8 Å². The number of hydrogen-bond acceptors (Lipinski definition) is 7. The van der Waals surface area contributed by atoms with Crippen LogP contribution in [0.15, 0.2) is 48.2 Å². The van der Waals surface area contributed by atoms with E-state index in [-0.39, 0.29) is 17.9 Å². The number of cyclic esters (lactones) is 1. The molecule has 0 aromatic heterocycles. The molecule has 1 unspecified atom stereocenters. The predicted molar refractivity (Wildman–Crippen MR) is 99.2 cm³/mol. The topological polar surface area (TPSA) is 117 Å². The van der Waals surface area contributed by atoms with Gasteiger partial charge >= 0.3 is 12.1 Å². The van der Waals surface area contributed by atoms with Crippen LogP contribution >= 0.6 is 0 Å². The minimum Gasteiger partial charge on any atom is -0.468 e. The van der Waals surface area contributed by atoms with Crippen LogP contribution in [0, 0.1) is 5.82 Å². The Bertz CT molecular complexity index is 987. The Hall–Kier alpha value is -3.72. The predicted octanol–water partition coefficient (Wildman–Crippen LogP) is 2.27. The van der Waals surface area contributed by atoms with Crippen LogP contribution in [0.4, 0.5) is 9.18 Å². The van der Waals surface area contributed by atoms with Gasteiger partial charge in [0, 0.05) is 0 Å². The zero-order valence-corrected chi connectivity index (χ0v) is 15.3. The Morgan fingerprint density at radius 3 is 2.55 bits per heavy atom. The van der Waals surface area contributed by atoms with Gasteiger partial charge in [-0.15, -0.1) is 0 Å². The van der Waals surface area contributed by atoms with Gasteiger partial charge in [-0.25, -0.2) is 9.18 Å². The van der Waals surface area contributed by atoms with E-state index in [0.717, 1.165) is 0 Å². The van der Waals surface area contributed by atoms with Gasteiger partial charge in [-0.3, -0.25) is 14.9 Å². The number of methoxy groups -OCH3 is 1. The Morgan fingerprint density at radius 2 is 1.97 bits per heavy atom. The van der Waals surface area contributed by atoms with Crippen molar-refractivity contribution < 1.29 is 33.0 Å². The number of hydrogen-bond donors (Lipinski definition) is 2. The molecule has 2 aromatic rings. The summed E-state index contributed by atoms with van der Waals surface area (Å²) in [5, 5.41) is 1.99. The molecular weight excluding hydrogens is 383 g/mol. The molecule has 1 heterocycles. The standard InChI is InChI=1S/C20H17FN2O6/c1-27-19(25)15(22)9-12-4-7-16(14(21)8-12)28-13-5-2-11(3-6-13)10-17-18(24)23-20(26)29-17/h2-8,10,15H,9,22H2,1H3,(H,23,24,26)/b17-10+. The van der Waals surface area contributed by atoms with Crippen molar-refractivity contribution in [2.75, 3.05) is 7.11 Å². The van der Waals surface area contributed by atoms with E-state index in [4.69, 9.17) is 15.2 Å². The third kappa shape index (κ3) is 4.96. The Morgan fingerprint density at radius 1 is 1.24 bits per heavy atom. The van der Waals surface area contributed by atoms with Crippen LogP contribution in [0.1, 0.15) is 11.1 Å². The summed E-state index contributed by atoms with van der Waals surface area (Å²) < 4.78 is 29.1. The van der Waals surface area contributed by atoms with E-state index in [1.54, 1.807) is 30.3 Å². The lowest BCUT2D eigenvalue weighted by atomic mass is 10.1. The van der Waals surface area contributed by atoms with Crippen molar-refractivity contribution >= 4 is 24.0 Å². The number of rotatable bonds is 6. The van der Waals surface area contributed by atoms with E-state index in [1.165, 1.54) is 25.3 Å². The normalized spacial score (nSPS) is 15.6. The molecule has 1 atom stereocenters. The van der Waals surface area contributed by atoms with Crippen LogP contribution in [-0.2, 0) is 25.5 Å². The summed E-state index contributed by atoms with van der Waals surface area (Å²) in [6.07, 6.45) is 0.697. The summed E-state index contributed by atoms with van der Waals surface area (Å²) in [6, 6.07) is 9.77. The van der Waals surface area contributed by atoms with Crippen LogP contribution in [0.25, 0.3) is 6.08 Å². The molecule has 2 aromatic carbocycles. The van der Waals surface area contributed by atoms with E-state index in [0.29, 0.717) is 16.9 Å². The van der Waals surface area contributed by atoms with Gasteiger partial charge in [-0.2, -0.15) is 0 Å². The molecule has 0 radical (unpaired) electrons. The van der Waals surface area contributed by atoms with Gasteiger partial charge in [-0.1, -0.05) is 18.2 Å². The molecule has 0 saturated carbocycles. The van der Waals surface area contributed by atoms with Gasteiger partial charge in [0.1, 0.15) is 11.8 Å². The second-order valence-electron chi connectivity index (χ2n) is 6.12. The summed E-state index contributed by atoms with van der Waals surface area (Å²) in [7, 11) is 1.23. The number of benzene rings is 2. The first-order chi connectivity index (χ1) is 13.9. The van der Waals surface area contributed by atoms with E-state index in [2.05, 4.69) is 4.74 Å². The number of nitrogens with two attached hydrogens (primary N) is 1. The number of nitrogens with one attached hydrogen (secondary N) is 1. The Balaban J connectivity index is 1.67. The quantitative estimate of drug-likeness (QED) is 0.564. The van der Waals surface area contributed by atoms with Crippen molar-refractivity contribution in [3.8, 4) is 11.5 Å². The third-order valence-electron chi connectivity index (χ3n) is 4.00. The zero-order chi connectivity index (χ0) is 21.0. The molecule has 0 spiro atoms. The van der Waals surface area contributed by atoms with Gasteiger partial charge in [0.25, 0.3) is 5.91 Å². The molecule has 9 heteroatoms. The monoisotopic (exact) mass is 400 g/mol. The first kappa shape index (κ1) is 20.0. The summed E-state index contributed by atoms with van der Waals surface area (Å²) in [5.41, 5.74) is 6.79. The number of carbonyl (C=O) groups excluding carboxylic acids is 3. The molecular formula is C20H17FN2O6. The molecule has 3 N–H and O–H groups in total. The number of esters is 1. The summed E-state index contributed by atoms with van der Waals surface area (Å²) >= 11 is 0. The van der Waals surface area contributed by atoms with Gasteiger partial charge in [0.15, 0.2) is 17.3 Å². The largest absolute Gasteiger partial charge is 0.468 e. The van der Waals surface area contributed by atoms with E-state index >= 15 is 0 Å². The summed E-state index contributed by atoms with van der Waals surface area (Å²) in [6.45, 7) is 0. The van der Waals surface area contributed by atoms with Crippen LogP contribution in [0.3, 0.4) is 0 Å². The van der Waals surface area contributed by atoms with Crippen molar-refractivity contribution in [3.63, 3.8) is 0 Å². The highest BCUT2D eigenvalue weighted by Gasteiger charge is 2.25. The Kier molecular flexibility index (Phi) is 5.89. The second-order valence-corrected chi connectivity index (χ2v) is 6.12. The highest BCUT2D eigenvalue weighted by molar-refractivity contribution is 6.09. The summed E-state index contributed by atoms with van der Waals surface area (Å²) in [5.74, 6) is -1.57. The van der Waals surface area contributed by atoms with E-state index in [9.17, 15) is 18.8 Å². The molecule has 1 fully saturated rings. The molecule has 2 amide bonds. The molecule has 150 valence electrons. The fourth-order valence-electron chi connectivity index (χ4n) is 2.57. The Labute approximate surface area is 165 Å². The lowest BCUT2D eigenvalue weighted by Gasteiger charge is -2.11. The molecule has 29 heavy (non-hydrogen) atoms. The van der Waals surface area contributed by atoms with Crippen LogP contribution in [0.2, 0.25) is 0 Å². The third-order valence-corrected chi connectivity index (χ3v) is 4.00. The number of imide groups is 1. The van der Waals surface area contributed by atoms with Crippen LogP contribution in [-0.4, -0.2) is 31.1 Å². The van der Waals surface area contributed by atoms with Crippen molar-refractivity contribution in [2.24, 2.45) is 5.73 Å². The highest BCUT2D eigenvalue weighted by Crippen LogP contribution is 2.26. The molecule has 1 aliphatic rings. The van der Waals surface area contributed by atoms with Gasteiger partial charge < -0.3 is 19.9 Å². The fourth-order valence-corrected chi connectivity index (χ4v) is 2.57. The molecule has 1 aliphatic heterocycles. The molecule has 0 aliphatic carbocycles. The number of ether oxygens (including phenoxy) is 3. The maximum Gasteiger partial charge on any atom is 0.419 e. The zero-order valence-electron chi connectivity index (χ0n) is 15.3. The smallest absolute Gasteiger partial charge is 0.419 e. The number of carbonyl (C=O) groups is 3. The maximum absolute atomic E-state index is 14.3. The first-order valence-electron chi connectivity index (χ1n) is 8.50. The molecule has 8 nitrogen and oxygen atoms in total. The minimum absolute atomic E-state index is 0.00408. The van der Waals surface area contributed by atoms with Gasteiger partial charge in [0.2, 0.25) is 0 Å². The average molecular weight is 400 g/mol. The fraction of sp³-hybridized carbons (Fsp3) is 0.150. The lowest BCUT2D eigenvalue weighted by Crippen LogP contribution is -2.33. The van der Waals surface area contributed by atoms with E-state index < -0.39 is 29.8 Å². The number of halogens is 1. The second kappa shape index (κ2) is 8.53. The van der Waals surface area contributed by atoms with Crippen molar-refractivity contribution in [1.82, 2.24) is 5.32 Å². The average Bonchev–Trinajstić information content (AvgIpc) is 3.01. The first-order valence-corrected chi connectivity index (χ1v) is 8.50. The number of amides is 2. The van der Waals surface area contributed by atoms with Crippen LogP contribution in [0.5, 0.6) is 11.5 Å².